The maximum Gasteiger partial charge on any atom is 0.184 e. The topological polar surface area (TPSA) is 50.4 Å². The predicted molar refractivity (Wildman–Crippen MR) is 77.3 cm³/mol. The summed E-state index contributed by atoms with van der Waals surface area (Å²) < 4.78 is 0. The molecule has 0 aliphatic heterocycles. The van der Waals surface area contributed by atoms with Crippen LogP contribution in [0.1, 0.15) is 38.8 Å². The fourth-order valence-electron chi connectivity index (χ4n) is 1.41. The lowest BCUT2D eigenvalue weighted by atomic mass is 9.86. The summed E-state index contributed by atoms with van der Waals surface area (Å²) in [6.45, 7) is 8.49. The van der Waals surface area contributed by atoms with Crippen molar-refractivity contribution in [3.8, 4) is 0 Å². The molecule has 4 heteroatoms. The Balaban J connectivity index is 2.88. The summed E-state index contributed by atoms with van der Waals surface area (Å²) in [7, 11) is 0. The van der Waals surface area contributed by atoms with Gasteiger partial charge in [0.2, 0.25) is 0 Å². The number of thiocarbonyl (C=S) groups is 1. The molecule has 0 spiro atoms. The number of hydrogen-bond acceptors (Lipinski definition) is 2. The normalized spacial score (nSPS) is 12.4. The molecule has 0 unspecified atom stereocenters. The molecule has 0 fully saturated rings. The molecule has 17 heavy (non-hydrogen) atoms. The second-order valence-electron chi connectivity index (χ2n) is 5.00. The van der Waals surface area contributed by atoms with E-state index in [4.69, 9.17) is 18.0 Å². The van der Waals surface area contributed by atoms with Gasteiger partial charge in [0, 0.05) is 0 Å². The summed E-state index contributed by atoms with van der Waals surface area (Å²) in [6, 6.07) is 8.35. The van der Waals surface area contributed by atoms with Crippen molar-refractivity contribution in [3.05, 3.63) is 35.4 Å². The van der Waals surface area contributed by atoms with Gasteiger partial charge in [-0.3, -0.25) is 5.43 Å². The van der Waals surface area contributed by atoms with Crippen LogP contribution in [0, 0.1) is 0 Å². The average molecular weight is 249 g/mol. The lowest BCUT2D eigenvalue weighted by Gasteiger charge is -2.19. The van der Waals surface area contributed by atoms with Gasteiger partial charge in [-0.1, -0.05) is 45.0 Å². The molecular formula is C13H19N3S. The molecule has 0 heterocycles. The number of hydrazone groups is 1. The molecule has 0 aliphatic rings. The maximum absolute atomic E-state index is 5.31. The van der Waals surface area contributed by atoms with Gasteiger partial charge in [-0.25, -0.2) is 0 Å². The molecule has 0 amide bonds. The van der Waals surface area contributed by atoms with Crippen LogP contribution in [0.5, 0.6) is 0 Å². The molecule has 0 saturated carbocycles. The Bertz CT molecular complexity index is 427. The van der Waals surface area contributed by atoms with E-state index in [0.717, 1.165) is 11.3 Å². The third-order valence-electron chi connectivity index (χ3n) is 2.50. The third-order valence-corrected chi connectivity index (χ3v) is 2.59. The zero-order chi connectivity index (χ0) is 13.1. The summed E-state index contributed by atoms with van der Waals surface area (Å²) >= 11 is 4.69. The molecule has 0 bridgehead atoms. The van der Waals surface area contributed by atoms with E-state index in [9.17, 15) is 0 Å². The van der Waals surface area contributed by atoms with Gasteiger partial charge in [0.05, 0.1) is 5.71 Å². The molecule has 0 radical (unpaired) electrons. The van der Waals surface area contributed by atoms with Crippen molar-refractivity contribution in [2.75, 3.05) is 0 Å². The van der Waals surface area contributed by atoms with E-state index in [1.807, 2.05) is 6.92 Å². The van der Waals surface area contributed by atoms with E-state index in [0.29, 0.717) is 0 Å². The highest BCUT2D eigenvalue weighted by Gasteiger charge is 2.12. The van der Waals surface area contributed by atoms with E-state index in [1.54, 1.807) is 0 Å². The number of nitrogens with one attached hydrogen (secondary N) is 1. The smallest absolute Gasteiger partial charge is 0.184 e. The molecule has 0 aromatic heterocycles. The fraction of sp³-hybridized carbons (Fsp3) is 0.385. The third kappa shape index (κ3) is 4.15. The summed E-state index contributed by atoms with van der Waals surface area (Å²) in [5.41, 5.74) is 11.3. The van der Waals surface area contributed by atoms with Gasteiger partial charge in [-0.2, -0.15) is 5.10 Å². The monoisotopic (exact) mass is 249 g/mol. The number of rotatable bonds is 2. The zero-order valence-electron chi connectivity index (χ0n) is 10.7. The van der Waals surface area contributed by atoms with Gasteiger partial charge in [0.25, 0.3) is 0 Å². The Morgan fingerprint density at radius 1 is 1.24 bits per heavy atom. The SMILES string of the molecule is CC(=NNC(N)=S)c1ccc(C(C)(C)C)cc1. The summed E-state index contributed by atoms with van der Waals surface area (Å²) in [6.07, 6.45) is 0. The molecule has 1 rings (SSSR count). The average Bonchev–Trinajstić information content (AvgIpc) is 2.25. The highest BCUT2D eigenvalue weighted by atomic mass is 32.1. The van der Waals surface area contributed by atoms with Gasteiger partial charge < -0.3 is 5.73 Å². The van der Waals surface area contributed by atoms with Crippen LogP contribution < -0.4 is 11.2 Å². The van der Waals surface area contributed by atoms with E-state index in [-0.39, 0.29) is 10.5 Å². The Kier molecular flexibility index (Phi) is 4.23. The molecule has 0 saturated heterocycles. The number of benzene rings is 1. The van der Waals surface area contributed by atoms with E-state index in [1.165, 1.54) is 5.56 Å². The Morgan fingerprint density at radius 2 is 1.76 bits per heavy atom. The van der Waals surface area contributed by atoms with Crippen LogP contribution in [0.4, 0.5) is 0 Å². The van der Waals surface area contributed by atoms with Crippen LogP contribution in [-0.4, -0.2) is 10.8 Å². The van der Waals surface area contributed by atoms with Crippen LogP contribution in [0.3, 0.4) is 0 Å². The lowest BCUT2D eigenvalue weighted by molar-refractivity contribution is 0.590. The van der Waals surface area contributed by atoms with Crippen LogP contribution in [0.15, 0.2) is 29.4 Å². The Labute approximate surface area is 108 Å². The van der Waals surface area contributed by atoms with Crippen LogP contribution in [0.2, 0.25) is 0 Å². The first kappa shape index (κ1) is 13.6. The van der Waals surface area contributed by atoms with E-state index >= 15 is 0 Å². The van der Waals surface area contributed by atoms with Gasteiger partial charge in [0.1, 0.15) is 0 Å². The van der Waals surface area contributed by atoms with E-state index in [2.05, 4.69) is 55.6 Å². The minimum absolute atomic E-state index is 0.167. The predicted octanol–water partition coefficient (Wildman–Crippen LogP) is 2.54. The summed E-state index contributed by atoms with van der Waals surface area (Å²) in [5.74, 6) is 0. The molecule has 3 N–H and O–H groups in total. The van der Waals surface area contributed by atoms with Crippen LogP contribution in [-0.2, 0) is 5.41 Å². The molecule has 0 atom stereocenters. The minimum Gasteiger partial charge on any atom is -0.375 e. The molecule has 1 aromatic rings. The maximum atomic E-state index is 5.31. The molecule has 92 valence electrons. The van der Waals surface area contributed by atoms with Crippen molar-refractivity contribution in [1.29, 1.82) is 0 Å². The second kappa shape index (κ2) is 5.27. The first-order chi connectivity index (χ1) is 7.80. The molecule has 3 nitrogen and oxygen atoms in total. The summed E-state index contributed by atoms with van der Waals surface area (Å²) in [5, 5.41) is 4.26. The van der Waals surface area contributed by atoms with Gasteiger partial charge >= 0.3 is 0 Å². The van der Waals surface area contributed by atoms with Gasteiger partial charge in [-0.05, 0) is 35.7 Å². The Morgan fingerprint density at radius 3 is 2.18 bits per heavy atom. The minimum atomic E-state index is 0.167. The van der Waals surface area contributed by atoms with Crippen molar-refractivity contribution in [2.24, 2.45) is 10.8 Å². The number of nitrogens with two attached hydrogens (primary N) is 1. The zero-order valence-corrected chi connectivity index (χ0v) is 11.6. The quantitative estimate of drug-likeness (QED) is 0.481. The number of hydrogen-bond donors (Lipinski definition) is 2. The van der Waals surface area contributed by atoms with Crippen LogP contribution >= 0.6 is 12.2 Å². The van der Waals surface area contributed by atoms with E-state index < -0.39 is 0 Å². The number of nitrogens with zero attached hydrogens (tertiary/aromatic N) is 1. The molecule has 0 aliphatic carbocycles. The highest BCUT2D eigenvalue weighted by molar-refractivity contribution is 7.80. The second-order valence-corrected chi connectivity index (χ2v) is 5.44. The van der Waals surface area contributed by atoms with Crippen molar-refractivity contribution >= 4 is 23.0 Å². The Hall–Kier alpha value is -1.42. The summed E-state index contributed by atoms with van der Waals surface area (Å²) in [4.78, 5) is 0. The van der Waals surface area contributed by atoms with Crippen molar-refractivity contribution in [3.63, 3.8) is 0 Å². The van der Waals surface area contributed by atoms with Crippen molar-refractivity contribution < 1.29 is 0 Å². The first-order valence-electron chi connectivity index (χ1n) is 5.51. The van der Waals surface area contributed by atoms with Crippen molar-refractivity contribution in [1.82, 2.24) is 5.43 Å². The van der Waals surface area contributed by atoms with Crippen LogP contribution in [0.25, 0.3) is 0 Å². The largest absolute Gasteiger partial charge is 0.375 e. The first-order valence-corrected chi connectivity index (χ1v) is 5.92. The van der Waals surface area contributed by atoms with Crippen molar-refractivity contribution in [2.45, 2.75) is 33.1 Å². The lowest BCUT2D eigenvalue weighted by Crippen LogP contribution is -2.25. The molecule has 1 aromatic carbocycles. The van der Waals surface area contributed by atoms with Gasteiger partial charge in [0.15, 0.2) is 5.11 Å². The fourth-order valence-corrected chi connectivity index (χ4v) is 1.46. The van der Waals surface area contributed by atoms with Gasteiger partial charge in [-0.15, -0.1) is 0 Å². The highest BCUT2D eigenvalue weighted by Crippen LogP contribution is 2.22. The standard InChI is InChI=1S/C13H19N3S/c1-9(15-16-12(14)17)10-5-7-11(8-6-10)13(2,3)4/h5-8H,1-4H3,(H3,14,16,17). The molecular weight excluding hydrogens is 230 g/mol.